The van der Waals surface area contributed by atoms with Gasteiger partial charge in [0, 0.05) is 0 Å². The van der Waals surface area contributed by atoms with Gasteiger partial charge in [-0.2, -0.15) is 0 Å². The van der Waals surface area contributed by atoms with Crippen molar-refractivity contribution in [1.29, 1.82) is 0 Å². The van der Waals surface area contributed by atoms with Gasteiger partial charge < -0.3 is 9.66 Å². The molecule has 2 unspecified atom stereocenters. The van der Waals surface area contributed by atoms with Crippen LogP contribution in [-0.4, -0.2) is 25.1 Å². The Morgan fingerprint density at radius 3 is 2.29 bits per heavy atom. The third-order valence-electron chi connectivity index (χ3n) is 3.30. The van der Waals surface area contributed by atoms with E-state index in [0.717, 1.165) is 16.7 Å². The topological polar surface area (TPSA) is 74.6 Å². The number of rotatable bonds is 6. The maximum absolute atomic E-state index is 11.0. The van der Waals surface area contributed by atoms with E-state index in [1.807, 2.05) is 54.6 Å². The van der Waals surface area contributed by atoms with Crippen LogP contribution >= 0.6 is 0 Å². The molecule has 2 aromatic carbocycles. The van der Waals surface area contributed by atoms with Crippen molar-refractivity contribution < 1.29 is 18.7 Å². The van der Waals surface area contributed by atoms with Crippen LogP contribution in [0.3, 0.4) is 0 Å². The van der Waals surface area contributed by atoms with Crippen LogP contribution in [0, 0.1) is 0 Å². The Morgan fingerprint density at radius 2 is 1.67 bits per heavy atom. The molecular weight excluding hydrogens is 288 g/mol. The highest BCUT2D eigenvalue weighted by molar-refractivity contribution is 7.80. The molecule has 0 aliphatic rings. The second-order valence-corrected chi connectivity index (χ2v) is 5.79. The van der Waals surface area contributed by atoms with Gasteiger partial charge in [0.25, 0.3) is 0 Å². The summed E-state index contributed by atoms with van der Waals surface area (Å²) in [4.78, 5) is 11.0. The maximum Gasteiger partial charge on any atom is 0.321 e. The van der Waals surface area contributed by atoms with Crippen LogP contribution in [-0.2, 0) is 22.3 Å². The predicted octanol–water partition coefficient (Wildman–Crippen LogP) is 2.96. The quantitative estimate of drug-likeness (QED) is 0.805. The molecular formula is C16H16O4S. The van der Waals surface area contributed by atoms with E-state index < -0.39 is 22.3 Å². The summed E-state index contributed by atoms with van der Waals surface area (Å²) < 4.78 is 20.1. The summed E-state index contributed by atoms with van der Waals surface area (Å²) in [5.74, 6) is -1.24. The Morgan fingerprint density at radius 1 is 1.05 bits per heavy atom. The van der Waals surface area contributed by atoms with Crippen LogP contribution < -0.4 is 0 Å². The summed E-state index contributed by atoms with van der Waals surface area (Å²) in [6.07, 6.45) is 0.566. The van der Waals surface area contributed by atoms with Gasteiger partial charge in [-0.05, 0) is 29.5 Å². The molecule has 0 bridgehead atoms. The molecule has 0 saturated carbocycles. The Hall–Kier alpha value is -1.98. The smallest absolute Gasteiger partial charge is 0.321 e. The normalized spacial score (nSPS) is 13.6. The molecule has 0 aliphatic carbocycles. The van der Waals surface area contributed by atoms with E-state index in [1.54, 1.807) is 0 Å². The summed E-state index contributed by atoms with van der Waals surface area (Å²) in [5.41, 5.74) is 3.04. The van der Waals surface area contributed by atoms with Gasteiger partial charge in [-0.15, -0.1) is 0 Å². The first-order chi connectivity index (χ1) is 10.1. The van der Waals surface area contributed by atoms with E-state index in [-0.39, 0.29) is 6.42 Å². The van der Waals surface area contributed by atoms with E-state index >= 15 is 0 Å². The summed E-state index contributed by atoms with van der Waals surface area (Å²) in [6.45, 7) is 0. The zero-order valence-corrected chi connectivity index (χ0v) is 12.1. The van der Waals surface area contributed by atoms with Crippen LogP contribution in [0.4, 0.5) is 0 Å². The van der Waals surface area contributed by atoms with Gasteiger partial charge in [-0.3, -0.25) is 4.79 Å². The average Bonchev–Trinajstić information content (AvgIpc) is 2.48. The van der Waals surface area contributed by atoms with Crippen molar-refractivity contribution in [2.24, 2.45) is 0 Å². The lowest BCUT2D eigenvalue weighted by Gasteiger charge is -2.12. The summed E-state index contributed by atoms with van der Waals surface area (Å²) >= 11 is -2.36. The molecule has 0 heterocycles. The van der Waals surface area contributed by atoms with Gasteiger partial charge in [0.2, 0.25) is 0 Å². The van der Waals surface area contributed by atoms with E-state index in [9.17, 15) is 9.00 Å². The molecule has 0 saturated heterocycles. The number of carboxylic acids is 1. The van der Waals surface area contributed by atoms with Gasteiger partial charge in [-0.25, -0.2) is 4.21 Å². The number of aliphatic carboxylic acids is 1. The minimum Gasteiger partial charge on any atom is -0.480 e. The summed E-state index contributed by atoms with van der Waals surface area (Å²) in [6, 6.07) is 17.5. The van der Waals surface area contributed by atoms with Crippen LogP contribution in [0.5, 0.6) is 0 Å². The second-order valence-electron chi connectivity index (χ2n) is 4.66. The molecule has 0 spiro atoms. The average molecular weight is 304 g/mol. The number of hydrogen-bond acceptors (Lipinski definition) is 2. The van der Waals surface area contributed by atoms with Crippen molar-refractivity contribution in [3.05, 3.63) is 60.2 Å². The zero-order chi connectivity index (χ0) is 15.2. The third kappa shape index (κ3) is 4.00. The predicted molar refractivity (Wildman–Crippen MR) is 82.4 cm³/mol. The fraction of sp³-hybridized carbons (Fsp3) is 0.188. The second kappa shape index (κ2) is 7.15. The first-order valence-electron chi connectivity index (χ1n) is 6.55. The highest BCUT2D eigenvalue weighted by atomic mass is 32.2. The lowest BCUT2D eigenvalue weighted by molar-refractivity contribution is -0.136. The Kier molecular flexibility index (Phi) is 5.25. The van der Waals surface area contributed by atoms with E-state index in [2.05, 4.69) is 0 Å². The van der Waals surface area contributed by atoms with Crippen molar-refractivity contribution in [1.82, 2.24) is 0 Å². The molecule has 2 N–H and O–H groups in total. The fourth-order valence-corrected chi connectivity index (χ4v) is 2.73. The molecule has 4 nitrogen and oxygen atoms in total. The van der Waals surface area contributed by atoms with Crippen LogP contribution in [0.25, 0.3) is 11.1 Å². The number of hydrogen-bond donors (Lipinski definition) is 2. The van der Waals surface area contributed by atoms with Gasteiger partial charge in [0.15, 0.2) is 16.3 Å². The van der Waals surface area contributed by atoms with Crippen molar-refractivity contribution in [2.45, 2.75) is 18.1 Å². The number of aryl methyl sites for hydroxylation is 1. The fourth-order valence-electron chi connectivity index (χ4n) is 2.23. The standard InChI is InChI=1S/C16H16O4S/c17-16(18)15(21(19)20)11-10-13-8-4-5-9-14(13)12-6-2-1-3-7-12/h1-9,15H,10-11H2,(H,17,18)(H,19,20). The molecule has 0 aromatic heterocycles. The Bertz CT molecular complexity index is 626. The van der Waals surface area contributed by atoms with Gasteiger partial charge >= 0.3 is 5.97 Å². The first-order valence-corrected chi connectivity index (χ1v) is 7.72. The van der Waals surface area contributed by atoms with Gasteiger partial charge in [0.05, 0.1) is 0 Å². The Balaban J connectivity index is 2.22. The molecule has 0 amide bonds. The molecule has 0 fully saturated rings. The van der Waals surface area contributed by atoms with Crippen molar-refractivity contribution in [3.63, 3.8) is 0 Å². The minimum absolute atomic E-state index is 0.127. The van der Waals surface area contributed by atoms with Crippen molar-refractivity contribution >= 4 is 17.0 Å². The zero-order valence-electron chi connectivity index (χ0n) is 11.3. The minimum atomic E-state index is -2.36. The highest BCUT2D eigenvalue weighted by Crippen LogP contribution is 2.25. The maximum atomic E-state index is 11.0. The third-order valence-corrected chi connectivity index (χ3v) is 4.22. The monoisotopic (exact) mass is 304 g/mol. The lowest BCUT2D eigenvalue weighted by atomic mass is 9.96. The molecule has 0 aliphatic heterocycles. The van der Waals surface area contributed by atoms with Gasteiger partial charge in [0.1, 0.15) is 0 Å². The largest absolute Gasteiger partial charge is 0.480 e. The molecule has 2 aromatic rings. The molecule has 5 heteroatoms. The van der Waals surface area contributed by atoms with Crippen LogP contribution in [0.15, 0.2) is 54.6 Å². The molecule has 2 atom stereocenters. The number of benzene rings is 2. The van der Waals surface area contributed by atoms with E-state index in [1.165, 1.54) is 0 Å². The summed E-state index contributed by atoms with van der Waals surface area (Å²) in [5, 5.41) is 7.70. The summed E-state index contributed by atoms with van der Waals surface area (Å²) in [7, 11) is 0. The van der Waals surface area contributed by atoms with Crippen LogP contribution in [0.1, 0.15) is 12.0 Å². The van der Waals surface area contributed by atoms with Crippen molar-refractivity contribution in [3.8, 4) is 11.1 Å². The van der Waals surface area contributed by atoms with Crippen LogP contribution in [0.2, 0.25) is 0 Å². The van der Waals surface area contributed by atoms with E-state index in [4.69, 9.17) is 9.66 Å². The lowest BCUT2D eigenvalue weighted by Crippen LogP contribution is -2.25. The first kappa shape index (κ1) is 15.4. The SMILES string of the molecule is O=C(O)C(CCc1ccccc1-c1ccccc1)S(=O)O. The van der Waals surface area contributed by atoms with E-state index in [0.29, 0.717) is 6.42 Å². The highest BCUT2D eigenvalue weighted by Gasteiger charge is 2.23. The molecule has 110 valence electrons. The Labute approximate surface area is 125 Å². The number of carboxylic acid groups (broad SMARTS) is 1. The number of carbonyl (C=O) groups is 1. The molecule has 2 rings (SSSR count). The van der Waals surface area contributed by atoms with Crippen molar-refractivity contribution in [2.75, 3.05) is 0 Å². The molecule has 21 heavy (non-hydrogen) atoms. The molecule has 0 radical (unpaired) electrons. The van der Waals surface area contributed by atoms with Gasteiger partial charge in [-0.1, -0.05) is 54.6 Å².